The van der Waals surface area contributed by atoms with Crippen LogP contribution in [-0.4, -0.2) is 20.0 Å². The number of allylic oxidation sites excluding steroid dienone is 8. The molecule has 0 bridgehead atoms. The fourth-order valence-electron chi connectivity index (χ4n) is 3.14. The molecule has 0 unspecified atom stereocenters. The van der Waals surface area contributed by atoms with E-state index in [0.29, 0.717) is 0 Å². The molecule has 0 fully saturated rings. The monoisotopic (exact) mass is 774 g/mol. The molecule has 0 amide bonds. The molecule has 1 aromatic heterocycles. The molecule has 2 N–H and O–H groups in total. The maximum Gasteiger partial charge on any atom is 0.0213 e. The van der Waals surface area contributed by atoms with Gasteiger partial charge in [0.2, 0.25) is 0 Å². The first-order valence-corrected chi connectivity index (χ1v) is 19.9. The van der Waals surface area contributed by atoms with E-state index in [1.165, 1.54) is 11.3 Å². The van der Waals surface area contributed by atoms with E-state index in [9.17, 15) is 0 Å². The molecule has 289 valence electrons. The van der Waals surface area contributed by atoms with E-state index < -0.39 is 0 Å². The number of hydrogen-bond donors (Lipinski definition) is 1. The average Bonchev–Trinajstić information content (AvgIpc) is 4.06. The van der Waals surface area contributed by atoms with Gasteiger partial charge in [-0.25, -0.2) is 18.2 Å². The van der Waals surface area contributed by atoms with Gasteiger partial charge in [-0.05, 0) is 18.0 Å². The minimum absolute atomic E-state index is 0. The summed E-state index contributed by atoms with van der Waals surface area (Å²) in [4.78, 5) is 3.14. The topological polar surface area (TPSA) is 39.6 Å². The minimum Gasteiger partial charge on any atom is -0.673 e. The summed E-state index contributed by atoms with van der Waals surface area (Å²) >= 11 is 0. The van der Waals surface area contributed by atoms with Crippen LogP contribution in [0.4, 0.5) is 0 Å². The van der Waals surface area contributed by atoms with Crippen LogP contribution < -0.4 is 0 Å². The maximum atomic E-state index is 6.94. The second-order valence-electron chi connectivity index (χ2n) is 11.5. The number of hydrogen-bond acceptors (Lipinski definition) is 0. The van der Waals surface area contributed by atoms with Crippen molar-refractivity contribution in [1.29, 1.82) is 0 Å². The van der Waals surface area contributed by atoms with Crippen molar-refractivity contribution in [1.82, 2.24) is 4.98 Å². The molecule has 8 rings (SSSR count). The molecular weight excluding hydrogens is 717 g/mol. The molecule has 0 spiro atoms. The van der Waals surface area contributed by atoms with Crippen molar-refractivity contribution in [3.8, 4) is 0 Å². The Morgan fingerprint density at radius 3 is 1.05 bits per heavy atom. The fourth-order valence-corrected chi connectivity index (χ4v) is 3.14. The van der Waals surface area contributed by atoms with Crippen LogP contribution in [0.3, 0.4) is 0 Å². The Labute approximate surface area is 353 Å². The van der Waals surface area contributed by atoms with E-state index in [-0.39, 0.29) is 34.7 Å². The van der Waals surface area contributed by atoms with Gasteiger partial charge in [-0.1, -0.05) is 39.9 Å². The van der Waals surface area contributed by atoms with E-state index in [2.05, 4.69) is 78.8 Å². The first-order chi connectivity index (χ1) is 25.9. The Kier molecular flexibility index (Phi) is 43.3. The quantitative estimate of drug-likeness (QED) is 0.128. The second-order valence-corrected chi connectivity index (χ2v) is 12.7. The predicted molar refractivity (Wildman–Crippen MR) is 239 cm³/mol. The van der Waals surface area contributed by atoms with E-state index in [1.54, 1.807) is 0 Å². The molecule has 5 aromatic carbocycles. The van der Waals surface area contributed by atoms with Crippen LogP contribution in [0.15, 0.2) is 200 Å². The van der Waals surface area contributed by atoms with Crippen molar-refractivity contribution in [3.05, 3.63) is 262 Å². The Morgan fingerprint density at radius 1 is 0.564 bits per heavy atom. The predicted octanol–water partition coefficient (Wildman–Crippen LogP) is 13.7. The largest absolute Gasteiger partial charge is 0.673 e. The van der Waals surface area contributed by atoms with Gasteiger partial charge >= 0.3 is 0 Å². The summed E-state index contributed by atoms with van der Waals surface area (Å²) in [5.41, 5.74) is 9.13. The van der Waals surface area contributed by atoms with Gasteiger partial charge in [-0.15, -0.1) is 18.4 Å². The molecule has 0 aliphatic heterocycles. The number of aromatic nitrogens is 1. The first kappa shape index (κ1) is 54.6. The van der Waals surface area contributed by atoms with Crippen molar-refractivity contribution >= 4 is 15.1 Å². The van der Waals surface area contributed by atoms with Gasteiger partial charge in [-0.2, -0.15) is 200 Å². The fraction of sp³-hybridized carbons (Fsp3) is 0.157. The van der Waals surface area contributed by atoms with Gasteiger partial charge in [0.1, 0.15) is 0 Å². The van der Waals surface area contributed by atoms with E-state index >= 15 is 0 Å². The smallest absolute Gasteiger partial charge is 0.0213 e. The van der Waals surface area contributed by atoms with Gasteiger partial charge in [0, 0.05) is 31.2 Å². The number of aromatic amines is 1. The van der Waals surface area contributed by atoms with Crippen molar-refractivity contribution in [3.63, 3.8) is 0 Å². The summed E-state index contributed by atoms with van der Waals surface area (Å²) in [6.07, 6.45) is 20.2. The molecule has 0 saturated heterocycles. The van der Waals surface area contributed by atoms with Crippen LogP contribution in [0.1, 0.15) is 39.3 Å². The summed E-state index contributed by atoms with van der Waals surface area (Å²) in [5, 5.41) is 0. The first-order valence-electron chi connectivity index (χ1n) is 17.5. The maximum absolute atomic E-state index is 6.94. The van der Waals surface area contributed by atoms with Crippen LogP contribution in [0.25, 0.3) is 11.3 Å². The third kappa shape index (κ3) is 47.2. The molecule has 0 atom stereocenters. The molecule has 2 nitrogen and oxygen atoms in total. The Balaban J connectivity index is -0.000000559. The van der Waals surface area contributed by atoms with Crippen LogP contribution in [0.5, 0.6) is 0 Å². The number of rotatable bonds is 1. The van der Waals surface area contributed by atoms with Crippen molar-refractivity contribution in [2.75, 3.05) is 0 Å². The molecule has 6 aromatic rings. The zero-order chi connectivity index (χ0) is 38.8. The van der Waals surface area contributed by atoms with Gasteiger partial charge < -0.3 is 18.1 Å². The Morgan fingerprint density at radius 2 is 0.909 bits per heavy atom. The van der Waals surface area contributed by atoms with Crippen LogP contribution in [0, 0.1) is 49.9 Å². The van der Waals surface area contributed by atoms with Crippen molar-refractivity contribution < 1.29 is 21.7 Å². The third-order valence-corrected chi connectivity index (χ3v) is 5.23. The molecule has 0 saturated carbocycles. The molecule has 1 heterocycles. The van der Waals surface area contributed by atoms with Gasteiger partial charge in [0.15, 0.2) is 0 Å². The number of benzene rings is 5. The molecule has 4 heteroatoms. The number of H-pyrrole nitrogens is 1. The summed E-state index contributed by atoms with van der Waals surface area (Å²) in [6, 6.07) is 66.6. The van der Waals surface area contributed by atoms with Crippen molar-refractivity contribution in [2.24, 2.45) is 0 Å². The molecule has 2 aliphatic rings. The van der Waals surface area contributed by atoms with E-state index in [1.807, 2.05) is 203 Å². The summed E-state index contributed by atoms with van der Waals surface area (Å²) < 4.78 is 0. The zero-order valence-corrected chi connectivity index (χ0v) is 36.3. The standard InChI is InChI=1S/C9H8N.5C6H5.C5H5.C4H10N.C2H7Si.CH3.Ti/c1-2-5-8(4-1)9-6-3-7-10-9;5*1-2-4-6-5-3-1;1-2-4-5-3-1;1-4(2,3)5;1-3-2;;/h3-7,10H,1H2;5*1-5H;1-3H,4H2;5H,1-3H3;3H,1-2H3;1H3;/q8*-1;;-1;. The minimum atomic E-state index is -0.250. The van der Waals surface area contributed by atoms with Crippen LogP contribution >= 0.6 is 0 Å². The summed E-state index contributed by atoms with van der Waals surface area (Å²) in [6.45, 7) is 9.98. The van der Waals surface area contributed by atoms with E-state index in [0.717, 1.165) is 22.4 Å². The van der Waals surface area contributed by atoms with Gasteiger partial charge in [-0.3, -0.25) is 12.2 Å². The normalized spacial score (nSPS) is 10.3. The second kappa shape index (κ2) is 43.6. The van der Waals surface area contributed by atoms with Crippen LogP contribution in [-0.2, 0) is 21.7 Å². The zero-order valence-electron chi connectivity index (χ0n) is 33.5. The molecule has 1 radical (unpaired) electrons. The van der Waals surface area contributed by atoms with E-state index in [4.69, 9.17) is 5.73 Å². The van der Waals surface area contributed by atoms with Crippen molar-refractivity contribution in [2.45, 2.75) is 52.2 Å². The SMILES string of the molecule is CC(C)(C)[NH-].C[SiH]C.[C-]1=CC(c2ccc[nH]2)=CC1.[C-]1=CC=CC1.[CH3-].[Ti].[c-]1ccccc1.[c-]1ccccc1.[c-]1ccccc1.[c-]1ccccc1.[c-]1ccccc1. The summed E-state index contributed by atoms with van der Waals surface area (Å²) in [5.74, 6) is 0. The summed E-state index contributed by atoms with van der Waals surface area (Å²) in [7, 11) is 0.750. The molecule has 2 aliphatic carbocycles. The average molecular weight is 775 g/mol. The Bertz CT molecular complexity index is 1280. The van der Waals surface area contributed by atoms with Crippen LogP contribution in [0.2, 0.25) is 13.1 Å². The van der Waals surface area contributed by atoms with Gasteiger partial charge in [0.05, 0.1) is 0 Å². The molecule has 55 heavy (non-hydrogen) atoms. The number of nitrogens with one attached hydrogen (secondary N) is 2. The Hall–Kier alpha value is -4.77. The third-order valence-electron chi connectivity index (χ3n) is 5.23. The van der Waals surface area contributed by atoms with Gasteiger partial charge in [0.25, 0.3) is 0 Å². The molecular formula is C51H58N2SiTi-9.